The van der Waals surface area contributed by atoms with Gasteiger partial charge in [-0.05, 0) is 18.6 Å². The average Bonchev–Trinajstić information content (AvgIpc) is 2.69. The fraction of sp³-hybridized carbons (Fsp3) is 0.154. The molecule has 0 saturated heterocycles. The first kappa shape index (κ1) is 9.21. The van der Waals surface area contributed by atoms with Gasteiger partial charge in [-0.25, -0.2) is 4.52 Å². The van der Waals surface area contributed by atoms with Crippen LogP contribution in [-0.2, 0) is 0 Å². The molecule has 3 nitrogen and oxygen atoms in total. The monoisotopic (exact) mass is 211 g/mol. The van der Waals surface area contributed by atoms with Crippen LogP contribution in [0, 0.1) is 0 Å². The van der Waals surface area contributed by atoms with Gasteiger partial charge in [0.05, 0.1) is 16.9 Å². The average molecular weight is 211 g/mol. The molecule has 0 aliphatic heterocycles. The molecule has 1 atom stereocenters. The molecule has 80 valence electrons. The van der Waals surface area contributed by atoms with Gasteiger partial charge in [0.2, 0.25) is 0 Å². The molecule has 2 heterocycles. The minimum atomic E-state index is 0.310. The van der Waals surface area contributed by atoms with Crippen LogP contribution in [0.25, 0.3) is 5.52 Å². The number of rotatable bonds is 1. The van der Waals surface area contributed by atoms with Crippen molar-refractivity contribution in [2.75, 3.05) is 5.73 Å². The lowest BCUT2D eigenvalue weighted by Gasteiger charge is -2.10. The summed E-state index contributed by atoms with van der Waals surface area (Å²) in [6.07, 6.45) is 11.3. The number of aromatic nitrogens is 2. The minimum absolute atomic E-state index is 0.310. The van der Waals surface area contributed by atoms with Crippen LogP contribution in [0.2, 0.25) is 0 Å². The highest BCUT2D eigenvalue weighted by molar-refractivity contribution is 5.72. The molecule has 2 N–H and O–H groups in total. The molecular weight excluding hydrogens is 198 g/mol. The van der Waals surface area contributed by atoms with Gasteiger partial charge in [-0.1, -0.05) is 30.4 Å². The third kappa shape index (κ3) is 1.33. The molecule has 0 spiro atoms. The van der Waals surface area contributed by atoms with Gasteiger partial charge in [-0.2, -0.15) is 5.10 Å². The summed E-state index contributed by atoms with van der Waals surface area (Å²) < 4.78 is 1.84. The van der Waals surface area contributed by atoms with E-state index in [9.17, 15) is 0 Å². The Morgan fingerprint density at radius 3 is 3.00 bits per heavy atom. The van der Waals surface area contributed by atoms with E-state index in [-0.39, 0.29) is 0 Å². The zero-order valence-electron chi connectivity index (χ0n) is 8.88. The van der Waals surface area contributed by atoms with Crippen molar-refractivity contribution >= 4 is 11.2 Å². The van der Waals surface area contributed by atoms with Crippen LogP contribution in [0.5, 0.6) is 0 Å². The molecule has 0 aromatic carbocycles. The van der Waals surface area contributed by atoms with Crippen molar-refractivity contribution in [1.82, 2.24) is 9.61 Å². The number of fused-ring (bicyclic) bond motifs is 1. The first-order valence-corrected chi connectivity index (χ1v) is 5.42. The lowest BCUT2D eigenvalue weighted by atomic mass is 9.96. The number of pyridine rings is 1. The zero-order valence-corrected chi connectivity index (χ0v) is 8.88. The van der Waals surface area contributed by atoms with Gasteiger partial charge in [-0.15, -0.1) is 0 Å². The second kappa shape index (κ2) is 3.52. The van der Waals surface area contributed by atoms with Crippen molar-refractivity contribution in [2.24, 2.45) is 0 Å². The summed E-state index contributed by atoms with van der Waals surface area (Å²) in [5.41, 5.74) is 8.89. The smallest absolute Gasteiger partial charge is 0.0936 e. The topological polar surface area (TPSA) is 43.3 Å². The quantitative estimate of drug-likeness (QED) is 0.787. The summed E-state index contributed by atoms with van der Waals surface area (Å²) in [5, 5.41) is 4.54. The van der Waals surface area contributed by atoms with Crippen molar-refractivity contribution in [3.8, 4) is 0 Å². The molecule has 2 aromatic heterocycles. The van der Waals surface area contributed by atoms with E-state index in [1.54, 1.807) is 0 Å². The Morgan fingerprint density at radius 2 is 2.25 bits per heavy atom. The van der Waals surface area contributed by atoms with E-state index in [0.29, 0.717) is 5.92 Å². The van der Waals surface area contributed by atoms with E-state index < -0.39 is 0 Å². The van der Waals surface area contributed by atoms with E-state index in [1.807, 2.05) is 28.9 Å². The van der Waals surface area contributed by atoms with Crippen LogP contribution in [0.15, 0.2) is 48.7 Å². The number of hydrogen-bond acceptors (Lipinski definition) is 2. The molecule has 3 heteroatoms. The summed E-state index contributed by atoms with van der Waals surface area (Å²) in [6.45, 7) is 0. The zero-order chi connectivity index (χ0) is 11.0. The first-order chi connectivity index (χ1) is 7.86. The normalized spacial score (nSPS) is 19.4. The van der Waals surface area contributed by atoms with Crippen molar-refractivity contribution < 1.29 is 0 Å². The number of nitrogens with zero attached hydrogens (tertiary/aromatic N) is 2. The maximum absolute atomic E-state index is 6.13. The van der Waals surface area contributed by atoms with Crippen LogP contribution >= 0.6 is 0 Å². The lowest BCUT2D eigenvalue weighted by Crippen LogP contribution is -2.00. The summed E-state index contributed by atoms with van der Waals surface area (Å²) in [4.78, 5) is 0. The summed E-state index contributed by atoms with van der Waals surface area (Å²) in [6, 6.07) is 5.93. The molecule has 0 amide bonds. The van der Waals surface area contributed by atoms with Gasteiger partial charge in [0.25, 0.3) is 0 Å². The third-order valence-electron chi connectivity index (χ3n) is 2.94. The summed E-state index contributed by atoms with van der Waals surface area (Å²) in [5.74, 6) is 0.310. The Morgan fingerprint density at radius 1 is 1.31 bits per heavy atom. The number of anilines is 1. The highest BCUT2D eigenvalue weighted by atomic mass is 15.2. The molecule has 0 bridgehead atoms. The largest absolute Gasteiger partial charge is 0.395 e. The van der Waals surface area contributed by atoms with E-state index in [0.717, 1.165) is 23.3 Å². The molecule has 1 aliphatic rings. The van der Waals surface area contributed by atoms with Gasteiger partial charge in [0.1, 0.15) is 0 Å². The fourth-order valence-corrected chi connectivity index (χ4v) is 2.09. The Kier molecular flexibility index (Phi) is 2.03. The highest BCUT2D eigenvalue weighted by Crippen LogP contribution is 2.30. The van der Waals surface area contributed by atoms with E-state index >= 15 is 0 Å². The van der Waals surface area contributed by atoms with Crippen molar-refractivity contribution in [1.29, 1.82) is 0 Å². The summed E-state index contributed by atoms with van der Waals surface area (Å²) in [7, 11) is 0. The molecule has 3 rings (SSSR count). The standard InChI is InChI=1S/C13H13N3/c14-12-11-8-4-5-9-16(11)15-13(12)10-6-2-1-3-7-10/h1-6,8-10H,7,14H2. The van der Waals surface area contributed by atoms with Crippen LogP contribution in [0.4, 0.5) is 5.69 Å². The predicted molar refractivity (Wildman–Crippen MR) is 65.2 cm³/mol. The Bertz CT molecular complexity index is 578. The van der Waals surface area contributed by atoms with Gasteiger partial charge in [0, 0.05) is 12.1 Å². The third-order valence-corrected chi connectivity index (χ3v) is 2.94. The second-order valence-electron chi connectivity index (χ2n) is 3.98. The maximum atomic E-state index is 6.13. The second-order valence-corrected chi connectivity index (χ2v) is 3.98. The van der Waals surface area contributed by atoms with Gasteiger partial charge >= 0.3 is 0 Å². The van der Waals surface area contributed by atoms with Gasteiger partial charge < -0.3 is 5.73 Å². The number of allylic oxidation sites excluding steroid dienone is 4. The molecule has 0 fully saturated rings. The molecule has 0 radical (unpaired) electrons. The van der Waals surface area contributed by atoms with E-state index in [4.69, 9.17) is 5.73 Å². The first-order valence-electron chi connectivity index (χ1n) is 5.42. The number of hydrogen-bond donors (Lipinski definition) is 1. The minimum Gasteiger partial charge on any atom is -0.395 e. The Hall–Kier alpha value is -2.03. The lowest BCUT2D eigenvalue weighted by molar-refractivity contribution is 0.787. The maximum Gasteiger partial charge on any atom is 0.0936 e. The Labute approximate surface area is 93.9 Å². The summed E-state index contributed by atoms with van der Waals surface area (Å²) >= 11 is 0. The predicted octanol–water partition coefficient (Wildman–Crippen LogP) is 2.52. The van der Waals surface area contributed by atoms with Crippen LogP contribution in [0.3, 0.4) is 0 Å². The molecule has 16 heavy (non-hydrogen) atoms. The highest BCUT2D eigenvalue weighted by Gasteiger charge is 2.17. The van der Waals surface area contributed by atoms with E-state index in [1.165, 1.54) is 0 Å². The van der Waals surface area contributed by atoms with Crippen molar-refractivity contribution in [3.63, 3.8) is 0 Å². The number of nitrogens with two attached hydrogens (primary N) is 1. The van der Waals surface area contributed by atoms with Crippen molar-refractivity contribution in [3.05, 3.63) is 54.4 Å². The molecule has 0 saturated carbocycles. The number of nitrogen functional groups attached to an aromatic ring is 1. The Balaban J connectivity index is 2.13. The van der Waals surface area contributed by atoms with Crippen molar-refractivity contribution in [2.45, 2.75) is 12.3 Å². The molecule has 1 aliphatic carbocycles. The SMILES string of the molecule is Nc1c(C2C=CC=CC2)nn2ccccc12. The molecular formula is C13H13N3. The van der Waals surface area contributed by atoms with E-state index in [2.05, 4.69) is 29.4 Å². The fourth-order valence-electron chi connectivity index (χ4n) is 2.09. The van der Waals surface area contributed by atoms with Crippen LogP contribution in [0.1, 0.15) is 18.0 Å². The molecule has 2 aromatic rings. The van der Waals surface area contributed by atoms with Gasteiger partial charge in [-0.3, -0.25) is 0 Å². The van der Waals surface area contributed by atoms with Crippen LogP contribution in [-0.4, -0.2) is 9.61 Å². The van der Waals surface area contributed by atoms with Crippen LogP contribution < -0.4 is 5.73 Å². The van der Waals surface area contributed by atoms with Gasteiger partial charge in [0.15, 0.2) is 0 Å². The molecule has 1 unspecified atom stereocenters.